The average molecular weight is 409 g/mol. The topological polar surface area (TPSA) is 169 Å². The fourth-order valence-corrected chi connectivity index (χ4v) is 2.21. The number of ether oxygens (including phenoxy) is 3. The van der Waals surface area contributed by atoms with Crippen molar-refractivity contribution in [1.29, 1.82) is 0 Å². The summed E-state index contributed by atoms with van der Waals surface area (Å²) in [5.41, 5.74) is 0. The minimum absolute atomic E-state index is 0.0215. The van der Waals surface area contributed by atoms with E-state index >= 15 is 0 Å². The summed E-state index contributed by atoms with van der Waals surface area (Å²) in [6, 6.07) is -1.08. The van der Waals surface area contributed by atoms with E-state index in [0.29, 0.717) is 19.4 Å². The predicted molar refractivity (Wildman–Crippen MR) is 96.2 cm³/mol. The van der Waals surface area contributed by atoms with Gasteiger partial charge in [0.25, 0.3) is 5.97 Å². The summed E-state index contributed by atoms with van der Waals surface area (Å²) in [5.74, 6) is -2.31. The minimum atomic E-state index is -1.08. The molecule has 0 bridgehead atoms. The zero-order valence-electron chi connectivity index (χ0n) is 16.7. The third-order valence-electron chi connectivity index (χ3n) is 3.15. The van der Waals surface area contributed by atoms with Crippen LogP contribution in [0.15, 0.2) is 0 Å². The fraction of sp³-hybridized carbons (Fsp3) is 0.765. The van der Waals surface area contributed by atoms with Gasteiger partial charge >= 0.3 is 11.9 Å². The molecular weight excluding hydrogens is 378 g/mol. The van der Waals surface area contributed by atoms with Crippen LogP contribution in [0.1, 0.15) is 40.0 Å². The molecular formula is C17H31NO10. The maximum Gasteiger partial charge on any atom is 0.331 e. The van der Waals surface area contributed by atoms with Gasteiger partial charge in [0, 0.05) is 33.8 Å². The molecule has 0 aromatic carbocycles. The van der Waals surface area contributed by atoms with E-state index in [9.17, 15) is 14.4 Å². The predicted octanol–water partition coefficient (Wildman–Crippen LogP) is -0.773. The van der Waals surface area contributed by atoms with E-state index in [4.69, 9.17) is 34.3 Å². The third kappa shape index (κ3) is 14.9. The number of nitrogens with one attached hydrogen (secondary N) is 1. The molecule has 0 aromatic heterocycles. The molecule has 1 aliphatic rings. The van der Waals surface area contributed by atoms with Gasteiger partial charge in [0.05, 0.1) is 32.3 Å². The van der Waals surface area contributed by atoms with E-state index in [-0.39, 0.29) is 31.2 Å². The smallest absolute Gasteiger partial charge is 0.331 e. The number of aliphatic hydroxyl groups is 2. The van der Waals surface area contributed by atoms with Crippen molar-refractivity contribution in [3.8, 4) is 0 Å². The van der Waals surface area contributed by atoms with E-state index in [0.717, 1.165) is 14.0 Å². The number of hydrogen-bond acceptors (Lipinski definition) is 9. The molecule has 1 fully saturated rings. The molecule has 4 N–H and O–H groups in total. The highest BCUT2D eigenvalue weighted by Gasteiger charge is 2.28. The van der Waals surface area contributed by atoms with Gasteiger partial charge in [-0.3, -0.25) is 14.4 Å². The van der Waals surface area contributed by atoms with Gasteiger partial charge in [0.1, 0.15) is 6.10 Å². The van der Waals surface area contributed by atoms with Crippen LogP contribution in [0.25, 0.3) is 0 Å². The second-order valence-corrected chi connectivity index (χ2v) is 5.53. The van der Waals surface area contributed by atoms with Crippen LogP contribution in [0.4, 0.5) is 0 Å². The van der Waals surface area contributed by atoms with Gasteiger partial charge in [-0.1, -0.05) is 0 Å². The van der Waals surface area contributed by atoms with Gasteiger partial charge in [0.15, 0.2) is 6.04 Å². The van der Waals surface area contributed by atoms with Gasteiger partial charge in [-0.25, -0.2) is 4.79 Å². The zero-order chi connectivity index (χ0) is 22.1. The number of amides is 1. The molecule has 1 aliphatic heterocycles. The molecule has 0 radical (unpaired) electrons. The number of aliphatic hydroxyl groups excluding tert-OH is 2. The standard InChI is InChI=1S/C14H23NO7.C2H4O2.CH4O/c1-3-20-14(19)12(8-16)15-13(18)7-11-6-10(4-5-21-11)22-9(2)17;1-2(3)4;1-2/h10-12,16H,3-8H2,1-2H3,(H,15,18);1H3,(H,3,4);2H,1H3. The van der Waals surface area contributed by atoms with Crippen molar-refractivity contribution in [2.45, 2.75) is 58.3 Å². The number of rotatable bonds is 7. The summed E-state index contributed by atoms with van der Waals surface area (Å²) >= 11 is 0. The summed E-state index contributed by atoms with van der Waals surface area (Å²) in [6.45, 7) is 4.09. The first-order chi connectivity index (χ1) is 13.2. The molecule has 28 heavy (non-hydrogen) atoms. The summed E-state index contributed by atoms with van der Waals surface area (Å²) in [7, 11) is 1.00. The Morgan fingerprint density at radius 2 is 1.79 bits per heavy atom. The van der Waals surface area contributed by atoms with Crippen molar-refractivity contribution >= 4 is 23.8 Å². The highest BCUT2D eigenvalue weighted by Crippen LogP contribution is 2.19. The molecule has 11 nitrogen and oxygen atoms in total. The number of carboxylic acid groups (broad SMARTS) is 1. The van der Waals surface area contributed by atoms with Crippen LogP contribution in [0.5, 0.6) is 0 Å². The molecule has 1 amide bonds. The maximum absolute atomic E-state index is 11.9. The zero-order valence-corrected chi connectivity index (χ0v) is 16.7. The number of carbonyl (C=O) groups excluding carboxylic acids is 3. The Kier molecular flexibility index (Phi) is 16.9. The first-order valence-electron chi connectivity index (χ1n) is 8.69. The average Bonchev–Trinajstić information content (AvgIpc) is 2.60. The third-order valence-corrected chi connectivity index (χ3v) is 3.15. The highest BCUT2D eigenvalue weighted by atomic mass is 16.6. The van der Waals surface area contributed by atoms with Crippen LogP contribution >= 0.6 is 0 Å². The lowest BCUT2D eigenvalue weighted by Gasteiger charge is -2.29. The summed E-state index contributed by atoms with van der Waals surface area (Å²) in [4.78, 5) is 43.3. The van der Waals surface area contributed by atoms with E-state index in [1.165, 1.54) is 6.92 Å². The SMILES string of the molecule is CC(=O)O.CCOC(=O)C(CO)NC(=O)CC1CC(OC(C)=O)CCO1.CO. The Hall–Kier alpha value is -2.24. The lowest BCUT2D eigenvalue weighted by Crippen LogP contribution is -2.46. The number of carbonyl (C=O) groups is 4. The maximum atomic E-state index is 11.9. The largest absolute Gasteiger partial charge is 0.481 e. The number of aliphatic carboxylic acids is 1. The fourth-order valence-electron chi connectivity index (χ4n) is 2.21. The Balaban J connectivity index is 0. The van der Waals surface area contributed by atoms with Gasteiger partial charge in [0.2, 0.25) is 5.91 Å². The Bertz CT molecular complexity index is 479. The van der Waals surface area contributed by atoms with Crippen LogP contribution in [0, 0.1) is 0 Å². The number of esters is 2. The number of hydrogen-bond donors (Lipinski definition) is 4. The monoisotopic (exact) mass is 409 g/mol. The van der Waals surface area contributed by atoms with E-state index in [1.807, 2.05) is 0 Å². The summed E-state index contributed by atoms with van der Waals surface area (Å²) in [5, 5.41) is 25.9. The van der Waals surface area contributed by atoms with Gasteiger partial charge in [-0.2, -0.15) is 0 Å². The quantitative estimate of drug-likeness (QED) is 0.392. The van der Waals surface area contributed by atoms with Crippen molar-refractivity contribution in [2.75, 3.05) is 26.9 Å². The number of carboxylic acids is 1. The van der Waals surface area contributed by atoms with Crippen LogP contribution < -0.4 is 5.32 Å². The normalized spacial score (nSPS) is 18.8. The van der Waals surface area contributed by atoms with Crippen molar-refractivity contribution in [3.63, 3.8) is 0 Å². The van der Waals surface area contributed by atoms with E-state index in [2.05, 4.69) is 5.32 Å². The van der Waals surface area contributed by atoms with Crippen molar-refractivity contribution in [2.24, 2.45) is 0 Å². The van der Waals surface area contributed by atoms with Crippen LogP contribution in [0.2, 0.25) is 0 Å². The summed E-state index contributed by atoms with van der Waals surface area (Å²) < 4.78 is 15.3. The molecule has 11 heteroatoms. The second kappa shape index (κ2) is 16.9. The van der Waals surface area contributed by atoms with Crippen LogP contribution in [0.3, 0.4) is 0 Å². The molecule has 0 spiro atoms. The van der Waals surface area contributed by atoms with Crippen LogP contribution in [-0.4, -0.2) is 84.3 Å². The van der Waals surface area contributed by atoms with Crippen molar-refractivity contribution in [3.05, 3.63) is 0 Å². The van der Waals surface area contributed by atoms with E-state index in [1.54, 1.807) is 6.92 Å². The molecule has 1 saturated heterocycles. The molecule has 164 valence electrons. The molecule has 3 atom stereocenters. The lowest BCUT2D eigenvalue weighted by atomic mass is 10.0. The highest BCUT2D eigenvalue weighted by molar-refractivity contribution is 5.84. The van der Waals surface area contributed by atoms with Crippen molar-refractivity contribution < 1.29 is 48.7 Å². The van der Waals surface area contributed by atoms with Gasteiger partial charge in [-0.15, -0.1) is 0 Å². The summed E-state index contributed by atoms with van der Waals surface area (Å²) in [6.07, 6.45) is 0.395. The van der Waals surface area contributed by atoms with Gasteiger partial charge < -0.3 is 34.8 Å². The van der Waals surface area contributed by atoms with Gasteiger partial charge in [-0.05, 0) is 6.92 Å². The molecule has 0 aromatic rings. The van der Waals surface area contributed by atoms with E-state index < -0.39 is 30.5 Å². The molecule has 1 heterocycles. The molecule has 0 aliphatic carbocycles. The Morgan fingerprint density at radius 3 is 2.25 bits per heavy atom. The van der Waals surface area contributed by atoms with Crippen molar-refractivity contribution in [1.82, 2.24) is 5.32 Å². The van der Waals surface area contributed by atoms with Crippen LogP contribution in [-0.2, 0) is 33.4 Å². The lowest BCUT2D eigenvalue weighted by molar-refractivity contribution is -0.155. The Morgan fingerprint density at radius 1 is 1.21 bits per heavy atom. The second-order valence-electron chi connectivity index (χ2n) is 5.53. The first kappa shape index (κ1) is 28.0. The molecule has 3 unspecified atom stereocenters. The Labute approximate surface area is 164 Å². The molecule has 1 rings (SSSR count). The minimum Gasteiger partial charge on any atom is -0.481 e. The molecule has 0 saturated carbocycles. The first-order valence-corrected chi connectivity index (χ1v) is 8.69.